The van der Waals surface area contributed by atoms with Gasteiger partial charge in [-0.3, -0.25) is 9.59 Å². The summed E-state index contributed by atoms with van der Waals surface area (Å²) >= 11 is 2.68. The molecule has 0 aliphatic carbocycles. The lowest BCUT2D eigenvalue weighted by Gasteiger charge is -2.29. The monoisotopic (exact) mass is 425 g/mol. The Morgan fingerprint density at radius 1 is 1.28 bits per heavy atom. The molecule has 0 radical (unpaired) electrons. The number of anilines is 1. The molecule has 0 fully saturated rings. The van der Waals surface area contributed by atoms with Crippen LogP contribution in [-0.4, -0.2) is 24.7 Å². The first-order chi connectivity index (χ1) is 14.0. The Balaban J connectivity index is 1.98. The van der Waals surface area contributed by atoms with Crippen molar-refractivity contribution in [3.05, 3.63) is 74.6 Å². The van der Waals surface area contributed by atoms with Crippen molar-refractivity contribution in [3.63, 3.8) is 0 Å². The van der Waals surface area contributed by atoms with Crippen molar-refractivity contribution in [1.82, 2.24) is 5.32 Å². The van der Waals surface area contributed by atoms with Crippen LogP contribution >= 0.6 is 23.1 Å². The average molecular weight is 426 g/mol. The molecular weight excluding hydrogens is 406 g/mol. The van der Waals surface area contributed by atoms with E-state index in [0.29, 0.717) is 27.6 Å². The molecule has 1 aromatic heterocycles. The fraction of sp³-hybridized carbons (Fsp3) is 0.190. The van der Waals surface area contributed by atoms with Crippen molar-refractivity contribution in [3.8, 4) is 6.07 Å². The molecule has 2 heterocycles. The molecule has 0 spiro atoms. The summed E-state index contributed by atoms with van der Waals surface area (Å²) in [4.78, 5) is 25.6. The number of ether oxygens (including phenoxy) is 1. The number of allylic oxidation sites excluding steroid dienone is 2. The Morgan fingerprint density at radius 3 is 2.66 bits per heavy atom. The summed E-state index contributed by atoms with van der Waals surface area (Å²) in [5, 5.41) is 18.4. The molecule has 6 nitrogen and oxygen atoms in total. The van der Waals surface area contributed by atoms with Gasteiger partial charge in [-0.2, -0.15) is 5.26 Å². The van der Waals surface area contributed by atoms with E-state index in [2.05, 4.69) is 16.7 Å². The van der Waals surface area contributed by atoms with E-state index in [1.165, 1.54) is 30.2 Å². The molecule has 1 atom stereocenters. The van der Waals surface area contributed by atoms with Gasteiger partial charge in [0.05, 0.1) is 35.5 Å². The van der Waals surface area contributed by atoms with Gasteiger partial charge in [-0.15, -0.1) is 11.3 Å². The second-order valence-corrected chi connectivity index (χ2v) is 8.12. The highest BCUT2D eigenvalue weighted by Gasteiger charge is 2.35. The molecule has 2 N–H and O–H groups in total. The second kappa shape index (κ2) is 9.45. The SMILES string of the molecule is COC(=O)CSC1=C(C#N)[C@H](c2cccs2)C(C(=O)Nc2ccccc2)=C(C)N1. The number of thiophene rings is 1. The Morgan fingerprint density at radius 2 is 2.03 bits per heavy atom. The van der Waals surface area contributed by atoms with Gasteiger partial charge in [0, 0.05) is 21.8 Å². The predicted molar refractivity (Wildman–Crippen MR) is 115 cm³/mol. The van der Waals surface area contributed by atoms with Gasteiger partial charge in [-0.25, -0.2) is 0 Å². The maximum Gasteiger partial charge on any atom is 0.316 e. The number of esters is 1. The van der Waals surface area contributed by atoms with Gasteiger partial charge < -0.3 is 15.4 Å². The number of nitriles is 1. The molecule has 29 heavy (non-hydrogen) atoms. The maximum absolute atomic E-state index is 13.1. The van der Waals surface area contributed by atoms with Crippen molar-refractivity contribution < 1.29 is 14.3 Å². The third kappa shape index (κ3) is 4.70. The number of thioether (sulfide) groups is 1. The predicted octanol–water partition coefficient (Wildman–Crippen LogP) is 3.99. The van der Waals surface area contributed by atoms with Crippen LogP contribution in [0.5, 0.6) is 0 Å². The normalized spacial score (nSPS) is 16.1. The molecule has 1 aliphatic heterocycles. The van der Waals surface area contributed by atoms with Crippen LogP contribution in [0, 0.1) is 11.3 Å². The summed E-state index contributed by atoms with van der Waals surface area (Å²) in [5.41, 5.74) is 2.21. The van der Waals surface area contributed by atoms with Gasteiger partial charge in [-0.1, -0.05) is 36.0 Å². The zero-order chi connectivity index (χ0) is 20.8. The molecule has 148 valence electrons. The minimum atomic E-state index is -0.509. The van der Waals surface area contributed by atoms with Crippen molar-refractivity contribution >= 4 is 40.7 Å². The number of dihydropyridines is 1. The largest absolute Gasteiger partial charge is 0.468 e. The molecule has 1 amide bonds. The number of para-hydroxylation sites is 1. The topological polar surface area (TPSA) is 91.2 Å². The van der Waals surface area contributed by atoms with E-state index in [-0.39, 0.29) is 17.6 Å². The Labute approximate surface area is 177 Å². The standard InChI is InChI=1S/C21H19N3O3S2/c1-13-18(20(26)24-14-7-4-3-5-8-14)19(16-9-6-10-28-16)15(11-22)21(23-13)29-12-17(25)27-2/h3-10,19,23H,12H2,1-2H3,(H,24,26)/t19-/m1/s1. The van der Waals surface area contributed by atoms with Gasteiger partial charge in [0.25, 0.3) is 5.91 Å². The van der Waals surface area contributed by atoms with Gasteiger partial charge >= 0.3 is 5.97 Å². The van der Waals surface area contributed by atoms with Crippen molar-refractivity contribution in [2.24, 2.45) is 0 Å². The van der Waals surface area contributed by atoms with Crippen LogP contribution in [0.2, 0.25) is 0 Å². The Kier molecular flexibility index (Phi) is 6.75. The van der Waals surface area contributed by atoms with Gasteiger partial charge in [0.2, 0.25) is 0 Å². The van der Waals surface area contributed by atoms with Crippen molar-refractivity contribution in [2.45, 2.75) is 12.8 Å². The molecule has 0 saturated carbocycles. The first kappa shape index (κ1) is 20.7. The van der Waals surface area contributed by atoms with E-state index in [9.17, 15) is 14.9 Å². The average Bonchev–Trinajstić information content (AvgIpc) is 3.26. The van der Waals surface area contributed by atoms with E-state index in [0.717, 1.165) is 4.88 Å². The van der Waals surface area contributed by atoms with Crippen LogP contribution in [-0.2, 0) is 14.3 Å². The lowest BCUT2D eigenvalue weighted by atomic mass is 9.86. The number of carbonyl (C=O) groups is 2. The fourth-order valence-corrected chi connectivity index (χ4v) is 4.74. The summed E-state index contributed by atoms with van der Waals surface area (Å²) in [6.45, 7) is 1.80. The number of hydrogen-bond donors (Lipinski definition) is 2. The highest BCUT2D eigenvalue weighted by Crippen LogP contribution is 2.42. The van der Waals surface area contributed by atoms with Gasteiger partial charge in [-0.05, 0) is 30.5 Å². The second-order valence-electron chi connectivity index (χ2n) is 6.15. The van der Waals surface area contributed by atoms with Crippen molar-refractivity contribution in [1.29, 1.82) is 5.26 Å². The molecular formula is C21H19N3O3S2. The van der Waals surface area contributed by atoms with Gasteiger partial charge in [0.15, 0.2) is 0 Å². The van der Waals surface area contributed by atoms with Gasteiger partial charge in [0.1, 0.15) is 0 Å². The minimum absolute atomic E-state index is 0.0694. The number of nitrogens with one attached hydrogen (secondary N) is 2. The minimum Gasteiger partial charge on any atom is -0.468 e. The molecule has 0 bridgehead atoms. The van der Waals surface area contributed by atoms with E-state index in [4.69, 9.17) is 4.74 Å². The number of nitrogens with zero attached hydrogens (tertiary/aromatic N) is 1. The lowest BCUT2D eigenvalue weighted by Crippen LogP contribution is -2.30. The van der Waals surface area contributed by atoms with E-state index >= 15 is 0 Å². The van der Waals surface area contributed by atoms with Crippen molar-refractivity contribution in [2.75, 3.05) is 18.2 Å². The number of amides is 1. The highest BCUT2D eigenvalue weighted by molar-refractivity contribution is 8.03. The third-order valence-corrected chi connectivity index (χ3v) is 6.24. The van der Waals surface area contributed by atoms with E-state index < -0.39 is 5.92 Å². The lowest BCUT2D eigenvalue weighted by molar-refractivity contribution is -0.137. The van der Waals surface area contributed by atoms with Crippen LogP contribution < -0.4 is 10.6 Å². The molecule has 3 rings (SSSR count). The van der Waals surface area contributed by atoms with E-state index in [1.54, 1.807) is 6.92 Å². The summed E-state index contributed by atoms with van der Waals surface area (Å²) in [5.74, 6) is -1.10. The zero-order valence-electron chi connectivity index (χ0n) is 15.9. The summed E-state index contributed by atoms with van der Waals surface area (Å²) < 4.78 is 4.69. The Bertz CT molecular complexity index is 1010. The summed E-state index contributed by atoms with van der Waals surface area (Å²) in [7, 11) is 1.32. The first-order valence-corrected chi connectivity index (χ1v) is 10.6. The summed E-state index contributed by atoms with van der Waals surface area (Å²) in [6, 6.07) is 15.2. The molecule has 1 aromatic carbocycles. The number of hydrogen-bond acceptors (Lipinski definition) is 7. The third-order valence-electron chi connectivity index (χ3n) is 4.31. The molecule has 0 unspecified atom stereocenters. The number of rotatable bonds is 6. The first-order valence-electron chi connectivity index (χ1n) is 8.76. The number of methoxy groups -OCH3 is 1. The van der Waals surface area contributed by atoms with E-state index in [1.807, 2.05) is 47.8 Å². The molecule has 8 heteroatoms. The Hall–Kier alpha value is -3.02. The zero-order valence-corrected chi connectivity index (χ0v) is 17.5. The smallest absolute Gasteiger partial charge is 0.316 e. The van der Waals surface area contributed by atoms with Crippen LogP contribution in [0.4, 0.5) is 5.69 Å². The number of benzene rings is 1. The van der Waals surface area contributed by atoms with Crippen LogP contribution in [0.1, 0.15) is 17.7 Å². The fourth-order valence-electron chi connectivity index (χ4n) is 2.98. The van der Waals surface area contributed by atoms with Crippen LogP contribution in [0.3, 0.4) is 0 Å². The van der Waals surface area contributed by atoms with Crippen LogP contribution in [0.25, 0.3) is 0 Å². The number of carbonyl (C=O) groups excluding carboxylic acids is 2. The van der Waals surface area contributed by atoms with Crippen LogP contribution in [0.15, 0.2) is 69.7 Å². The molecule has 1 aliphatic rings. The highest BCUT2D eigenvalue weighted by atomic mass is 32.2. The molecule has 0 saturated heterocycles. The summed E-state index contributed by atoms with van der Waals surface area (Å²) in [6.07, 6.45) is 0. The maximum atomic E-state index is 13.1. The molecule has 2 aromatic rings. The quantitative estimate of drug-likeness (QED) is 0.680.